The Hall–Kier alpha value is -2.44. The number of nitrogens with zero attached hydrogens (tertiary/aromatic N) is 3. The Morgan fingerprint density at radius 1 is 1.50 bits per heavy atom. The fourth-order valence-corrected chi connectivity index (χ4v) is 1.51. The Morgan fingerprint density at radius 2 is 2.22 bits per heavy atom. The van der Waals surface area contributed by atoms with Crippen LogP contribution in [-0.4, -0.2) is 33.0 Å². The fourth-order valence-electron chi connectivity index (χ4n) is 1.51. The molecule has 0 radical (unpaired) electrons. The van der Waals surface area contributed by atoms with Gasteiger partial charge in [0.15, 0.2) is 11.6 Å². The van der Waals surface area contributed by atoms with Gasteiger partial charge in [0, 0.05) is 6.07 Å². The summed E-state index contributed by atoms with van der Waals surface area (Å²) in [6.07, 6.45) is 0. The van der Waals surface area contributed by atoms with E-state index in [1.165, 1.54) is 23.9 Å². The molecule has 94 valence electrons. The van der Waals surface area contributed by atoms with Gasteiger partial charge in [-0.05, 0) is 19.1 Å². The van der Waals surface area contributed by atoms with Gasteiger partial charge in [0.2, 0.25) is 0 Å². The maximum absolute atomic E-state index is 13.5. The minimum atomic E-state index is -1.23. The molecule has 0 aliphatic heterocycles. The van der Waals surface area contributed by atoms with Crippen molar-refractivity contribution in [2.45, 2.75) is 6.92 Å². The van der Waals surface area contributed by atoms with Gasteiger partial charge in [-0.1, -0.05) is 0 Å². The Bertz CT molecular complexity index is 610. The van der Waals surface area contributed by atoms with E-state index in [1.54, 1.807) is 13.0 Å². The van der Waals surface area contributed by atoms with E-state index >= 15 is 0 Å². The van der Waals surface area contributed by atoms with Gasteiger partial charge in [0.05, 0.1) is 12.8 Å². The van der Waals surface area contributed by atoms with Crippen LogP contribution < -0.4 is 4.74 Å². The summed E-state index contributed by atoms with van der Waals surface area (Å²) in [5.41, 5.74) is 0.380. The first kappa shape index (κ1) is 12.0. The number of hydrogen-bond acceptors (Lipinski definition) is 4. The minimum Gasteiger partial charge on any atom is -0.494 e. The summed E-state index contributed by atoms with van der Waals surface area (Å²) in [6, 6.07) is 4.20. The second kappa shape index (κ2) is 4.44. The summed E-state index contributed by atoms with van der Waals surface area (Å²) >= 11 is 0. The molecule has 0 spiro atoms. The number of hydrogen-bond donors (Lipinski definition) is 1. The predicted octanol–water partition coefficient (Wildman–Crippen LogP) is 1.42. The van der Waals surface area contributed by atoms with E-state index < -0.39 is 11.8 Å². The molecule has 0 fully saturated rings. The lowest BCUT2D eigenvalue weighted by atomic mass is 10.3. The van der Waals surface area contributed by atoms with Gasteiger partial charge in [-0.2, -0.15) is 0 Å². The molecule has 6 nitrogen and oxygen atoms in total. The first-order chi connectivity index (χ1) is 8.52. The smallest absolute Gasteiger partial charge is 0.375 e. The lowest BCUT2D eigenvalue weighted by molar-refractivity contribution is 0.0683. The molecular formula is C11H10FN3O3. The van der Waals surface area contributed by atoms with Crippen molar-refractivity contribution in [3.63, 3.8) is 0 Å². The minimum absolute atomic E-state index is 0.106. The van der Waals surface area contributed by atoms with Gasteiger partial charge in [0.1, 0.15) is 5.82 Å². The number of aromatic nitrogens is 3. The van der Waals surface area contributed by atoms with Gasteiger partial charge in [0.25, 0.3) is 5.82 Å². The molecule has 1 heterocycles. The normalized spacial score (nSPS) is 10.4. The first-order valence-electron chi connectivity index (χ1n) is 5.04. The van der Waals surface area contributed by atoms with Crippen molar-refractivity contribution in [3.05, 3.63) is 35.7 Å². The van der Waals surface area contributed by atoms with E-state index in [0.29, 0.717) is 11.5 Å². The van der Waals surface area contributed by atoms with Crippen LogP contribution >= 0.6 is 0 Å². The molecule has 1 aromatic carbocycles. The van der Waals surface area contributed by atoms with E-state index in [1.807, 2.05) is 0 Å². The molecule has 0 saturated heterocycles. The molecule has 2 rings (SSSR count). The molecule has 0 saturated carbocycles. The SMILES string of the molecule is COc1ccc(-n2nc(C(=O)O)nc2C)cc1F. The Morgan fingerprint density at radius 3 is 2.72 bits per heavy atom. The number of aromatic carboxylic acids is 1. The summed E-state index contributed by atoms with van der Waals surface area (Å²) in [5, 5.41) is 12.5. The number of aryl methyl sites for hydroxylation is 1. The van der Waals surface area contributed by atoms with Crippen LogP contribution in [0.15, 0.2) is 18.2 Å². The van der Waals surface area contributed by atoms with Crippen LogP contribution in [0.5, 0.6) is 5.75 Å². The van der Waals surface area contributed by atoms with E-state index in [9.17, 15) is 9.18 Å². The zero-order chi connectivity index (χ0) is 13.3. The molecule has 0 amide bonds. The highest BCUT2D eigenvalue weighted by molar-refractivity contribution is 5.83. The van der Waals surface area contributed by atoms with Crippen molar-refractivity contribution in [1.82, 2.24) is 14.8 Å². The van der Waals surface area contributed by atoms with Crippen LogP contribution in [0.1, 0.15) is 16.4 Å². The molecule has 1 N–H and O–H groups in total. The molecule has 7 heteroatoms. The third kappa shape index (κ3) is 2.02. The number of halogens is 1. The van der Waals surface area contributed by atoms with Crippen LogP contribution in [0, 0.1) is 12.7 Å². The predicted molar refractivity (Wildman–Crippen MR) is 59.6 cm³/mol. The molecule has 0 bridgehead atoms. The Balaban J connectivity index is 2.48. The number of rotatable bonds is 3. The molecule has 0 atom stereocenters. The highest BCUT2D eigenvalue weighted by Gasteiger charge is 2.14. The van der Waals surface area contributed by atoms with Crippen LogP contribution in [0.2, 0.25) is 0 Å². The lowest BCUT2D eigenvalue weighted by Gasteiger charge is -2.05. The quantitative estimate of drug-likeness (QED) is 0.892. The summed E-state index contributed by atoms with van der Waals surface area (Å²) in [6.45, 7) is 1.58. The molecule has 0 aliphatic rings. The topological polar surface area (TPSA) is 77.2 Å². The average Bonchev–Trinajstić information content (AvgIpc) is 2.71. The third-order valence-corrected chi connectivity index (χ3v) is 2.34. The molecule has 0 unspecified atom stereocenters. The fraction of sp³-hybridized carbons (Fsp3) is 0.182. The summed E-state index contributed by atoms with van der Waals surface area (Å²) in [7, 11) is 1.36. The van der Waals surface area contributed by atoms with Gasteiger partial charge < -0.3 is 9.84 Å². The lowest BCUT2D eigenvalue weighted by Crippen LogP contribution is -2.03. The van der Waals surface area contributed by atoms with Crippen LogP contribution in [0.3, 0.4) is 0 Å². The van der Waals surface area contributed by atoms with Crippen LogP contribution in [0.25, 0.3) is 5.69 Å². The number of carboxylic acids is 1. The van der Waals surface area contributed by atoms with Crippen molar-refractivity contribution in [2.24, 2.45) is 0 Å². The second-order valence-electron chi connectivity index (χ2n) is 3.52. The van der Waals surface area contributed by atoms with Crippen molar-refractivity contribution in [3.8, 4) is 11.4 Å². The van der Waals surface area contributed by atoms with Crippen molar-refractivity contribution >= 4 is 5.97 Å². The molecular weight excluding hydrogens is 241 g/mol. The molecule has 18 heavy (non-hydrogen) atoms. The Kier molecular flexibility index (Phi) is 2.97. The van der Waals surface area contributed by atoms with Gasteiger partial charge in [-0.25, -0.2) is 18.9 Å². The number of benzene rings is 1. The van der Waals surface area contributed by atoms with Crippen molar-refractivity contribution in [1.29, 1.82) is 0 Å². The third-order valence-electron chi connectivity index (χ3n) is 2.34. The average molecular weight is 251 g/mol. The van der Waals surface area contributed by atoms with Gasteiger partial charge in [-0.3, -0.25) is 0 Å². The molecule has 2 aromatic rings. The zero-order valence-corrected chi connectivity index (χ0v) is 9.72. The van der Waals surface area contributed by atoms with Crippen LogP contribution in [0.4, 0.5) is 4.39 Å². The summed E-state index contributed by atoms with van der Waals surface area (Å²) in [4.78, 5) is 14.5. The van der Waals surface area contributed by atoms with E-state index in [-0.39, 0.29) is 11.6 Å². The van der Waals surface area contributed by atoms with Crippen LogP contribution in [-0.2, 0) is 0 Å². The number of methoxy groups -OCH3 is 1. The monoisotopic (exact) mass is 251 g/mol. The van der Waals surface area contributed by atoms with Gasteiger partial charge >= 0.3 is 5.97 Å². The zero-order valence-electron chi connectivity index (χ0n) is 9.72. The maximum Gasteiger partial charge on any atom is 0.375 e. The van der Waals surface area contributed by atoms with Crippen molar-refractivity contribution in [2.75, 3.05) is 7.11 Å². The highest BCUT2D eigenvalue weighted by Crippen LogP contribution is 2.20. The largest absolute Gasteiger partial charge is 0.494 e. The summed E-state index contributed by atoms with van der Waals surface area (Å²) < 4.78 is 19.6. The maximum atomic E-state index is 13.5. The highest BCUT2D eigenvalue weighted by atomic mass is 19.1. The van der Waals surface area contributed by atoms with Gasteiger partial charge in [-0.15, -0.1) is 5.10 Å². The Labute approximate surface area is 102 Å². The second-order valence-corrected chi connectivity index (χ2v) is 3.52. The number of carbonyl (C=O) groups is 1. The van der Waals surface area contributed by atoms with E-state index in [0.717, 1.165) is 0 Å². The van der Waals surface area contributed by atoms with Crippen molar-refractivity contribution < 1.29 is 19.0 Å². The first-order valence-corrected chi connectivity index (χ1v) is 5.04. The summed E-state index contributed by atoms with van der Waals surface area (Å²) in [5.74, 6) is -1.65. The molecule has 1 aromatic heterocycles. The number of ether oxygens (including phenoxy) is 1. The standard InChI is InChI=1S/C11H10FN3O3/c1-6-13-10(11(16)17)14-15(6)7-3-4-9(18-2)8(12)5-7/h3-5H,1-2H3,(H,16,17). The molecule has 0 aliphatic carbocycles. The number of carboxylic acid groups (broad SMARTS) is 1. The van der Waals surface area contributed by atoms with E-state index in [2.05, 4.69) is 10.1 Å². The van der Waals surface area contributed by atoms with E-state index in [4.69, 9.17) is 9.84 Å².